The monoisotopic (exact) mass is 375 g/mol. The van der Waals surface area contributed by atoms with Crippen LogP contribution in [0.25, 0.3) is 0 Å². The molecule has 0 bridgehead atoms. The van der Waals surface area contributed by atoms with Gasteiger partial charge in [-0.1, -0.05) is 6.07 Å². The predicted molar refractivity (Wildman–Crippen MR) is 96.2 cm³/mol. The van der Waals surface area contributed by atoms with Crippen LogP contribution in [0.2, 0.25) is 0 Å². The van der Waals surface area contributed by atoms with Gasteiger partial charge in [-0.3, -0.25) is 9.59 Å². The molecule has 0 saturated carbocycles. The first-order chi connectivity index (χ1) is 12.9. The van der Waals surface area contributed by atoms with E-state index in [1.807, 2.05) is 0 Å². The number of aromatic amines is 1. The molecule has 1 aromatic carbocycles. The molecular weight excluding hydrogens is 353 g/mol. The molecule has 2 unspecified atom stereocenters. The molecule has 0 spiro atoms. The lowest BCUT2D eigenvalue weighted by molar-refractivity contribution is -0.123. The Kier molecular flexibility index (Phi) is 5.85. The molecular formula is C19H22FN3O4. The number of nitrogens with zero attached hydrogens (tertiary/aromatic N) is 1. The number of hydrogen-bond acceptors (Lipinski definition) is 5. The lowest BCUT2D eigenvalue weighted by Crippen LogP contribution is -2.52. The van der Waals surface area contributed by atoms with E-state index in [1.165, 1.54) is 12.1 Å². The van der Waals surface area contributed by atoms with Gasteiger partial charge in [0.2, 0.25) is 5.91 Å². The molecule has 0 aliphatic carbocycles. The highest BCUT2D eigenvalue weighted by atomic mass is 19.1. The molecule has 1 amide bonds. The summed E-state index contributed by atoms with van der Waals surface area (Å²) in [6.45, 7) is 4.16. The third-order valence-corrected chi connectivity index (χ3v) is 4.40. The van der Waals surface area contributed by atoms with E-state index in [0.717, 1.165) is 0 Å². The normalized spacial score (nSPS) is 19.5. The Morgan fingerprint density at radius 1 is 1.44 bits per heavy atom. The van der Waals surface area contributed by atoms with Crippen LogP contribution in [0.3, 0.4) is 0 Å². The predicted octanol–water partition coefficient (Wildman–Crippen LogP) is 1.42. The fourth-order valence-corrected chi connectivity index (χ4v) is 3.09. The Hall–Kier alpha value is -2.74. The Morgan fingerprint density at radius 3 is 3.00 bits per heavy atom. The molecule has 2 atom stereocenters. The zero-order valence-electron chi connectivity index (χ0n) is 15.3. The fourth-order valence-electron chi connectivity index (χ4n) is 3.09. The molecule has 2 aromatic rings. The van der Waals surface area contributed by atoms with Crippen molar-refractivity contribution in [1.82, 2.24) is 15.3 Å². The Bertz CT molecular complexity index is 883. The van der Waals surface area contributed by atoms with Gasteiger partial charge >= 0.3 is 0 Å². The van der Waals surface area contributed by atoms with E-state index in [1.54, 1.807) is 26.0 Å². The average molecular weight is 375 g/mol. The van der Waals surface area contributed by atoms with Gasteiger partial charge < -0.3 is 19.8 Å². The zero-order valence-corrected chi connectivity index (χ0v) is 15.3. The van der Waals surface area contributed by atoms with Gasteiger partial charge in [0.15, 0.2) is 0 Å². The van der Waals surface area contributed by atoms with Crippen molar-refractivity contribution < 1.29 is 18.7 Å². The van der Waals surface area contributed by atoms with Crippen LogP contribution < -0.4 is 15.6 Å². The van der Waals surface area contributed by atoms with Gasteiger partial charge in [-0.05, 0) is 26.0 Å². The molecule has 8 heteroatoms. The van der Waals surface area contributed by atoms with Crippen LogP contribution >= 0.6 is 0 Å². The minimum absolute atomic E-state index is 0.0857. The maximum atomic E-state index is 13.4. The van der Waals surface area contributed by atoms with Crippen LogP contribution in [0.1, 0.15) is 23.5 Å². The molecule has 2 heterocycles. The van der Waals surface area contributed by atoms with Crippen molar-refractivity contribution in [2.75, 3.05) is 13.2 Å². The summed E-state index contributed by atoms with van der Waals surface area (Å²) in [7, 11) is 0. The SMILES string of the molecule is Cc1nc(C)c(CC(=O)NC2COCCC2Oc2cccc(F)c2)c(=O)[nH]1. The lowest BCUT2D eigenvalue weighted by Gasteiger charge is -2.32. The van der Waals surface area contributed by atoms with E-state index >= 15 is 0 Å². The molecule has 1 aliphatic rings. The lowest BCUT2D eigenvalue weighted by atomic mass is 10.1. The number of carbonyl (C=O) groups excluding carboxylic acids is 1. The van der Waals surface area contributed by atoms with Crippen molar-refractivity contribution in [3.05, 3.63) is 57.5 Å². The third kappa shape index (κ3) is 4.91. The molecule has 27 heavy (non-hydrogen) atoms. The number of aryl methyl sites for hydroxylation is 2. The van der Waals surface area contributed by atoms with Crippen molar-refractivity contribution in [1.29, 1.82) is 0 Å². The maximum absolute atomic E-state index is 13.4. The number of carbonyl (C=O) groups is 1. The summed E-state index contributed by atoms with van der Waals surface area (Å²) in [5, 5.41) is 2.86. The van der Waals surface area contributed by atoms with E-state index in [0.29, 0.717) is 35.9 Å². The summed E-state index contributed by atoms with van der Waals surface area (Å²) in [6, 6.07) is 5.48. The Balaban J connectivity index is 1.67. The van der Waals surface area contributed by atoms with E-state index in [4.69, 9.17) is 9.47 Å². The number of ether oxygens (including phenoxy) is 2. The quantitative estimate of drug-likeness (QED) is 0.825. The minimum Gasteiger partial charge on any atom is -0.488 e. The smallest absolute Gasteiger partial charge is 0.254 e. The minimum atomic E-state index is -0.396. The van der Waals surface area contributed by atoms with Gasteiger partial charge in [-0.2, -0.15) is 0 Å². The van der Waals surface area contributed by atoms with Crippen molar-refractivity contribution in [2.24, 2.45) is 0 Å². The number of benzene rings is 1. The summed E-state index contributed by atoms with van der Waals surface area (Å²) in [5.74, 6) is 0.196. The van der Waals surface area contributed by atoms with Crippen LogP contribution in [-0.4, -0.2) is 41.2 Å². The summed E-state index contributed by atoms with van der Waals surface area (Å²) in [4.78, 5) is 31.3. The number of rotatable bonds is 5. The van der Waals surface area contributed by atoms with Gasteiger partial charge in [0.1, 0.15) is 23.5 Å². The van der Waals surface area contributed by atoms with Gasteiger partial charge in [0.05, 0.1) is 25.7 Å². The van der Waals surface area contributed by atoms with E-state index in [9.17, 15) is 14.0 Å². The first-order valence-corrected chi connectivity index (χ1v) is 8.78. The van der Waals surface area contributed by atoms with Gasteiger partial charge in [-0.25, -0.2) is 9.37 Å². The number of aromatic nitrogens is 2. The van der Waals surface area contributed by atoms with Crippen molar-refractivity contribution in [2.45, 2.75) is 38.8 Å². The summed E-state index contributed by atoms with van der Waals surface area (Å²) < 4.78 is 24.6. The molecule has 7 nitrogen and oxygen atoms in total. The van der Waals surface area contributed by atoms with Crippen LogP contribution in [-0.2, 0) is 16.0 Å². The zero-order chi connectivity index (χ0) is 19.4. The van der Waals surface area contributed by atoms with Gasteiger partial charge in [0.25, 0.3) is 5.56 Å². The number of amides is 1. The molecule has 1 aliphatic heterocycles. The molecule has 0 radical (unpaired) electrons. The summed E-state index contributed by atoms with van der Waals surface area (Å²) in [5.41, 5.74) is 0.541. The number of halogens is 1. The van der Waals surface area contributed by atoms with E-state index < -0.39 is 6.04 Å². The standard InChI is InChI=1S/C19H22FN3O4/c1-11-15(19(25)22-12(2)21-11)9-18(24)23-16-10-26-7-6-17(16)27-14-5-3-4-13(20)8-14/h3-5,8,16-17H,6-7,9-10H2,1-2H3,(H,23,24)(H,21,22,25). The number of nitrogens with one attached hydrogen (secondary N) is 2. The number of H-pyrrole nitrogens is 1. The molecule has 144 valence electrons. The van der Waals surface area contributed by atoms with Crippen LogP contribution in [0.4, 0.5) is 4.39 Å². The molecule has 2 N–H and O–H groups in total. The highest BCUT2D eigenvalue weighted by Crippen LogP contribution is 2.19. The van der Waals surface area contributed by atoms with Crippen molar-refractivity contribution in [3.63, 3.8) is 0 Å². The third-order valence-electron chi connectivity index (χ3n) is 4.40. The van der Waals surface area contributed by atoms with E-state index in [2.05, 4.69) is 15.3 Å². The molecule has 1 aromatic heterocycles. The van der Waals surface area contributed by atoms with Crippen molar-refractivity contribution in [3.8, 4) is 5.75 Å². The first-order valence-electron chi connectivity index (χ1n) is 8.78. The van der Waals surface area contributed by atoms with Gasteiger partial charge in [0, 0.05) is 23.7 Å². The largest absolute Gasteiger partial charge is 0.488 e. The highest BCUT2D eigenvalue weighted by molar-refractivity contribution is 5.79. The van der Waals surface area contributed by atoms with Crippen LogP contribution in [0.15, 0.2) is 29.1 Å². The Labute approximate surface area is 155 Å². The summed E-state index contributed by atoms with van der Waals surface area (Å²) >= 11 is 0. The van der Waals surface area contributed by atoms with Gasteiger partial charge in [-0.15, -0.1) is 0 Å². The second-order valence-corrected chi connectivity index (χ2v) is 6.54. The first kappa shape index (κ1) is 19.0. The van der Waals surface area contributed by atoms with Crippen LogP contribution in [0.5, 0.6) is 5.75 Å². The molecule has 1 saturated heterocycles. The maximum Gasteiger partial charge on any atom is 0.254 e. The second-order valence-electron chi connectivity index (χ2n) is 6.54. The number of hydrogen-bond donors (Lipinski definition) is 2. The topological polar surface area (TPSA) is 93.3 Å². The fraction of sp³-hybridized carbons (Fsp3) is 0.421. The second kappa shape index (κ2) is 8.30. The van der Waals surface area contributed by atoms with Crippen molar-refractivity contribution >= 4 is 5.91 Å². The van der Waals surface area contributed by atoms with E-state index in [-0.39, 0.29) is 36.4 Å². The summed E-state index contributed by atoms with van der Waals surface area (Å²) in [6.07, 6.45) is 0.130. The molecule has 3 rings (SSSR count). The Morgan fingerprint density at radius 2 is 2.26 bits per heavy atom. The highest BCUT2D eigenvalue weighted by Gasteiger charge is 2.29. The van der Waals surface area contributed by atoms with Crippen LogP contribution in [0, 0.1) is 19.7 Å². The molecule has 1 fully saturated rings. The average Bonchev–Trinajstić information content (AvgIpc) is 2.60.